The molecule has 39 heavy (non-hydrogen) atoms. The Bertz CT molecular complexity index is 1170. The first-order valence-electron chi connectivity index (χ1n) is 12.8. The average molecular weight is 615 g/mol. The van der Waals surface area contributed by atoms with Crippen molar-refractivity contribution in [3.63, 3.8) is 0 Å². The van der Waals surface area contributed by atoms with E-state index in [4.69, 9.17) is 56.5 Å². The molecule has 0 spiro atoms. The second kappa shape index (κ2) is 13.6. The molecule has 0 saturated carbocycles. The summed E-state index contributed by atoms with van der Waals surface area (Å²) in [7, 11) is 0. The molecule has 2 aliphatic rings. The summed E-state index contributed by atoms with van der Waals surface area (Å²) in [6.07, 6.45) is 3.84. The molecule has 0 bridgehead atoms. The minimum atomic E-state index is -2.09. The normalized spacial score (nSPS) is 19.5. The van der Waals surface area contributed by atoms with Crippen LogP contribution in [0.25, 0.3) is 0 Å². The van der Waals surface area contributed by atoms with Crippen molar-refractivity contribution in [1.82, 2.24) is 10.2 Å². The van der Waals surface area contributed by atoms with Gasteiger partial charge in [0.05, 0.1) is 30.9 Å². The second-order valence-electron chi connectivity index (χ2n) is 9.78. The molecule has 1 heterocycles. The number of rotatable bonds is 12. The van der Waals surface area contributed by atoms with Crippen LogP contribution >= 0.6 is 47.0 Å². The Labute approximate surface area is 249 Å². The Hall–Kier alpha value is -1.94. The third-order valence-corrected chi connectivity index (χ3v) is 7.49. The van der Waals surface area contributed by atoms with E-state index in [1.54, 1.807) is 17.6 Å². The van der Waals surface area contributed by atoms with Crippen LogP contribution in [0.3, 0.4) is 0 Å². The molecule has 2 aromatic carbocycles. The van der Waals surface area contributed by atoms with Crippen molar-refractivity contribution < 1.29 is 18.7 Å². The summed E-state index contributed by atoms with van der Waals surface area (Å²) in [5.41, 5.74) is 3.64. The van der Waals surface area contributed by atoms with E-state index in [-0.39, 0.29) is 5.82 Å². The van der Waals surface area contributed by atoms with E-state index in [1.165, 1.54) is 12.1 Å². The number of alkyl halides is 3. The number of thiocarbonyl (C=S) groups is 1. The monoisotopic (exact) mass is 613 g/mol. The lowest BCUT2D eigenvalue weighted by molar-refractivity contribution is -0.121. The van der Waals surface area contributed by atoms with Gasteiger partial charge in [0.25, 0.3) is 9.70 Å². The fourth-order valence-corrected chi connectivity index (χ4v) is 5.17. The number of amides is 1. The van der Waals surface area contributed by atoms with E-state index in [2.05, 4.69) is 10.2 Å². The van der Waals surface area contributed by atoms with Crippen LogP contribution in [0, 0.1) is 5.82 Å². The van der Waals surface area contributed by atoms with Crippen molar-refractivity contribution in [1.29, 1.82) is 0 Å². The molecule has 210 valence electrons. The Balaban J connectivity index is 1.38. The van der Waals surface area contributed by atoms with Crippen molar-refractivity contribution in [2.45, 2.75) is 28.6 Å². The number of ether oxygens (including phenoxy) is 2. The van der Waals surface area contributed by atoms with Gasteiger partial charge in [-0.2, -0.15) is 0 Å². The molecule has 6 nitrogen and oxygen atoms in total. The summed E-state index contributed by atoms with van der Waals surface area (Å²) in [6, 6.07) is 13.9. The third-order valence-electron chi connectivity index (χ3n) is 6.72. The van der Waals surface area contributed by atoms with Gasteiger partial charge in [0.1, 0.15) is 11.6 Å². The average Bonchev–Trinajstić information content (AvgIpc) is 2.90. The lowest BCUT2D eigenvalue weighted by atomic mass is 9.74. The minimum absolute atomic E-state index is 0.331. The maximum absolute atomic E-state index is 13.4. The van der Waals surface area contributed by atoms with E-state index in [0.717, 1.165) is 61.8 Å². The molecule has 2 aromatic rings. The van der Waals surface area contributed by atoms with Crippen LogP contribution < -0.4 is 15.0 Å². The minimum Gasteiger partial charge on any atom is -0.493 e. The number of carbonyl (C=O) groups excluding carboxylic acids is 1. The maximum atomic E-state index is 13.4. The van der Waals surface area contributed by atoms with Gasteiger partial charge in [-0.25, -0.2) is 4.39 Å². The second-order valence-corrected chi connectivity index (χ2v) is 12.3. The highest BCUT2D eigenvalue weighted by atomic mass is 35.6. The summed E-state index contributed by atoms with van der Waals surface area (Å²) >= 11 is 22.8. The van der Waals surface area contributed by atoms with Crippen LogP contribution in [0.2, 0.25) is 0 Å². The van der Waals surface area contributed by atoms with E-state index in [1.807, 2.05) is 35.2 Å². The molecule has 0 radical (unpaired) electrons. The number of carbonyl (C=O) groups is 1. The molecule has 1 fully saturated rings. The van der Waals surface area contributed by atoms with Crippen LogP contribution in [0.15, 0.2) is 60.2 Å². The molecule has 1 aliphatic heterocycles. The number of hydrogen-bond donors (Lipinski definition) is 1. The number of hydrogen-bond acceptors (Lipinski definition) is 5. The molecular formula is C28H31Cl3FN3O3S. The molecule has 1 amide bonds. The number of halogens is 4. The molecule has 4 rings (SSSR count). The van der Waals surface area contributed by atoms with Gasteiger partial charge < -0.3 is 19.7 Å². The van der Waals surface area contributed by atoms with Crippen LogP contribution in [-0.4, -0.2) is 71.6 Å². The fourth-order valence-electron chi connectivity index (χ4n) is 4.83. The Kier molecular flexibility index (Phi) is 10.5. The Morgan fingerprint density at radius 2 is 1.92 bits per heavy atom. The quantitative estimate of drug-likeness (QED) is 0.148. The number of anilines is 1. The third kappa shape index (κ3) is 8.77. The summed E-state index contributed by atoms with van der Waals surface area (Å²) in [6.45, 7) is 5.65. The van der Waals surface area contributed by atoms with Gasteiger partial charge in [-0.3, -0.25) is 9.69 Å². The lowest BCUT2D eigenvalue weighted by Crippen LogP contribution is -2.57. The highest BCUT2D eigenvalue weighted by Crippen LogP contribution is 2.37. The van der Waals surface area contributed by atoms with E-state index >= 15 is 0 Å². The van der Waals surface area contributed by atoms with Gasteiger partial charge in [0.15, 0.2) is 0 Å². The van der Waals surface area contributed by atoms with Gasteiger partial charge in [0, 0.05) is 37.9 Å². The molecule has 0 aromatic heterocycles. The zero-order valence-corrected chi connectivity index (χ0v) is 24.5. The molecule has 1 unspecified atom stereocenters. The van der Waals surface area contributed by atoms with E-state index < -0.39 is 15.2 Å². The summed E-state index contributed by atoms with van der Waals surface area (Å²) in [5, 5.41) is 2.87. The van der Waals surface area contributed by atoms with Gasteiger partial charge >= 0.3 is 0 Å². The van der Waals surface area contributed by atoms with Gasteiger partial charge in [0.2, 0.25) is 0 Å². The Morgan fingerprint density at radius 1 is 1.21 bits per heavy atom. The van der Waals surface area contributed by atoms with Crippen LogP contribution in [0.5, 0.6) is 5.75 Å². The number of nitrogens with one attached hydrogen (secondary N) is 1. The van der Waals surface area contributed by atoms with Gasteiger partial charge in [-0.15, -0.1) is 0 Å². The maximum Gasteiger partial charge on any atom is 0.272 e. The topological polar surface area (TPSA) is 54.0 Å². The van der Waals surface area contributed by atoms with Crippen LogP contribution in [0.4, 0.5) is 10.1 Å². The number of benzene rings is 2. The Morgan fingerprint density at radius 3 is 2.59 bits per heavy atom. The van der Waals surface area contributed by atoms with Crippen molar-refractivity contribution in [3.05, 3.63) is 71.6 Å². The van der Waals surface area contributed by atoms with E-state index in [0.29, 0.717) is 26.0 Å². The van der Waals surface area contributed by atoms with Gasteiger partial charge in [-0.1, -0.05) is 71.3 Å². The first-order chi connectivity index (χ1) is 18.7. The summed E-state index contributed by atoms with van der Waals surface area (Å²) in [4.78, 5) is 16.8. The molecule has 1 aliphatic carbocycles. The van der Waals surface area contributed by atoms with Crippen LogP contribution in [-0.2, 0) is 16.0 Å². The first kappa shape index (κ1) is 30.0. The van der Waals surface area contributed by atoms with Crippen molar-refractivity contribution >= 4 is 64.1 Å². The molecule has 11 heteroatoms. The first-order valence-corrected chi connectivity index (χ1v) is 14.4. The standard InChI is InChI=1S/C28H31Cl3FN3O3S/c29-28(30,31)26(36)33-27(16-21-5-7-23(32)8-6-21)17-22(18-27)19-35(20-39)24-3-1-4-25(15-24)38-12-2-9-34-10-13-37-14-11-34/h1,3-8,15,17,20H,2,9-14,16,18-19H2,(H,33,36). The fraction of sp³-hybridized carbons (Fsp3) is 0.429. The predicted molar refractivity (Wildman–Crippen MR) is 159 cm³/mol. The summed E-state index contributed by atoms with van der Waals surface area (Å²) in [5.74, 6) is -0.266. The highest BCUT2D eigenvalue weighted by Gasteiger charge is 2.43. The van der Waals surface area contributed by atoms with Crippen molar-refractivity contribution in [2.75, 3.05) is 50.9 Å². The van der Waals surface area contributed by atoms with Crippen LogP contribution in [0.1, 0.15) is 18.4 Å². The van der Waals surface area contributed by atoms with Crippen molar-refractivity contribution in [3.8, 4) is 5.75 Å². The zero-order valence-electron chi connectivity index (χ0n) is 21.4. The van der Waals surface area contributed by atoms with E-state index in [9.17, 15) is 9.18 Å². The smallest absolute Gasteiger partial charge is 0.272 e. The summed E-state index contributed by atoms with van der Waals surface area (Å²) < 4.78 is 22.7. The lowest BCUT2D eigenvalue weighted by Gasteiger charge is -2.42. The SMILES string of the molecule is O=C(NC1(Cc2ccc(F)cc2)C=C(CN(C=S)c2cccc(OCCCN3CCOCC3)c2)C1)C(Cl)(Cl)Cl. The van der Waals surface area contributed by atoms with Crippen molar-refractivity contribution in [2.24, 2.45) is 0 Å². The molecule has 1 saturated heterocycles. The number of nitrogens with zero attached hydrogens (tertiary/aromatic N) is 2. The number of morpholine rings is 1. The van der Waals surface area contributed by atoms with Gasteiger partial charge in [-0.05, 0) is 54.7 Å². The highest BCUT2D eigenvalue weighted by molar-refractivity contribution is 7.79. The molecule has 1 N–H and O–H groups in total. The molecule has 1 atom stereocenters. The zero-order chi connectivity index (χ0) is 27.9. The largest absolute Gasteiger partial charge is 0.493 e. The predicted octanol–water partition coefficient (Wildman–Crippen LogP) is 5.49. The molecular weight excluding hydrogens is 584 g/mol.